The molecule has 0 fully saturated rings. The van der Waals surface area contributed by atoms with Crippen molar-refractivity contribution in [2.24, 2.45) is 5.73 Å². The summed E-state index contributed by atoms with van der Waals surface area (Å²) in [5.41, 5.74) is 7.81. The Bertz CT molecular complexity index is 711. The number of amides is 1. The van der Waals surface area contributed by atoms with E-state index in [1.807, 2.05) is 37.3 Å². The van der Waals surface area contributed by atoms with E-state index in [1.165, 1.54) is 0 Å². The van der Waals surface area contributed by atoms with Gasteiger partial charge in [0.2, 0.25) is 5.91 Å². The summed E-state index contributed by atoms with van der Waals surface area (Å²) >= 11 is 6.23. The molecule has 0 heterocycles. The highest BCUT2D eigenvalue weighted by molar-refractivity contribution is 6.32. The average Bonchev–Trinajstić information content (AvgIpc) is 2.62. The Morgan fingerprint density at radius 3 is 2.54 bits per heavy atom. The molecule has 0 unspecified atom stereocenters. The molecule has 0 bridgehead atoms. The standard InChI is InChI=1S/C19H23ClN2O3.ClH/c1-3-25-18-15(20)9-14(11-17(18)24-2)12-22-19(23)16(21)10-13-7-5-4-6-8-13;/h4-9,11,16H,3,10,12,21H2,1-2H3,(H,22,23);1H/t16-;/m0./s1. The van der Waals surface area contributed by atoms with Gasteiger partial charge in [0.15, 0.2) is 11.5 Å². The van der Waals surface area contributed by atoms with E-state index in [2.05, 4.69) is 5.32 Å². The minimum Gasteiger partial charge on any atom is -0.493 e. The highest BCUT2D eigenvalue weighted by Crippen LogP contribution is 2.36. The Labute approximate surface area is 165 Å². The van der Waals surface area contributed by atoms with Gasteiger partial charge >= 0.3 is 0 Å². The van der Waals surface area contributed by atoms with Crippen molar-refractivity contribution in [3.05, 3.63) is 58.6 Å². The molecule has 0 aromatic heterocycles. The first-order valence-corrected chi connectivity index (χ1v) is 8.49. The maximum Gasteiger partial charge on any atom is 0.237 e. The Morgan fingerprint density at radius 2 is 1.92 bits per heavy atom. The molecule has 0 saturated carbocycles. The molecule has 0 saturated heterocycles. The summed E-state index contributed by atoms with van der Waals surface area (Å²) in [5, 5.41) is 3.27. The van der Waals surface area contributed by atoms with Gasteiger partial charge in [0, 0.05) is 6.54 Å². The van der Waals surface area contributed by atoms with E-state index >= 15 is 0 Å². The lowest BCUT2D eigenvalue weighted by Crippen LogP contribution is -2.41. The monoisotopic (exact) mass is 398 g/mol. The zero-order valence-corrected chi connectivity index (χ0v) is 16.4. The van der Waals surface area contributed by atoms with E-state index < -0.39 is 6.04 Å². The third-order valence-electron chi connectivity index (χ3n) is 3.68. The second-order valence-electron chi connectivity index (χ2n) is 5.56. The van der Waals surface area contributed by atoms with Crippen LogP contribution in [0.25, 0.3) is 0 Å². The van der Waals surface area contributed by atoms with Crippen LogP contribution in [0.5, 0.6) is 11.5 Å². The van der Waals surface area contributed by atoms with Crippen LogP contribution in [0, 0.1) is 0 Å². The van der Waals surface area contributed by atoms with Crippen LogP contribution in [-0.2, 0) is 17.8 Å². The molecule has 1 amide bonds. The van der Waals surface area contributed by atoms with Crippen molar-refractivity contribution in [1.29, 1.82) is 0 Å². The van der Waals surface area contributed by atoms with Gasteiger partial charge in [0.05, 0.1) is 24.8 Å². The molecule has 1 atom stereocenters. The zero-order valence-electron chi connectivity index (χ0n) is 14.8. The molecular formula is C19H24Cl2N2O3. The van der Waals surface area contributed by atoms with Crippen molar-refractivity contribution in [2.45, 2.75) is 25.9 Å². The smallest absolute Gasteiger partial charge is 0.237 e. The fraction of sp³-hybridized carbons (Fsp3) is 0.316. The molecule has 0 aliphatic rings. The quantitative estimate of drug-likeness (QED) is 0.714. The number of nitrogens with one attached hydrogen (secondary N) is 1. The van der Waals surface area contributed by atoms with Crippen molar-refractivity contribution in [1.82, 2.24) is 5.32 Å². The van der Waals surface area contributed by atoms with Gasteiger partial charge in [0.25, 0.3) is 0 Å². The normalized spacial score (nSPS) is 11.2. The summed E-state index contributed by atoms with van der Waals surface area (Å²) in [6.07, 6.45) is 0.486. The van der Waals surface area contributed by atoms with Crippen LogP contribution in [0.4, 0.5) is 0 Å². The molecule has 26 heavy (non-hydrogen) atoms. The summed E-state index contributed by atoms with van der Waals surface area (Å²) in [6, 6.07) is 12.6. The lowest BCUT2D eigenvalue weighted by atomic mass is 10.1. The number of carbonyl (C=O) groups is 1. The first kappa shape index (κ1) is 22.1. The third-order valence-corrected chi connectivity index (χ3v) is 3.96. The Hall–Kier alpha value is -1.95. The zero-order chi connectivity index (χ0) is 18.2. The van der Waals surface area contributed by atoms with Crippen molar-refractivity contribution in [3.8, 4) is 11.5 Å². The Morgan fingerprint density at radius 1 is 1.23 bits per heavy atom. The minimum atomic E-state index is -0.609. The average molecular weight is 399 g/mol. The molecule has 2 aromatic rings. The van der Waals surface area contributed by atoms with E-state index in [4.69, 9.17) is 26.8 Å². The third kappa shape index (κ3) is 6.09. The molecule has 0 aliphatic carbocycles. The largest absolute Gasteiger partial charge is 0.493 e. The maximum atomic E-state index is 12.2. The van der Waals surface area contributed by atoms with Gasteiger partial charge in [-0.05, 0) is 36.6 Å². The van der Waals surface area contributed by atoms with Gasteiger partial charge in [-0.1, -0.05) is 41.9 Å². The SMILES string of the molecule is CCOc1c(Cl)cc(CNC(=O)[C@@H](N)Cc2ccccc2)cc1OC.Cl. The predicted octanol–water partition coefficient (Wildman–Crippen LogP) is 3.36. The fourth-order valence-electron chi connectivity index (χ4n) is 2.44. The molecule has 0 aliphatic heterocycles. The molecular weight excluding hydrogens is 375 g/mol. The molecule has 2 aromatic carbocycles. The summed E-state index contributed by atoms with van der Waals surface area (Å²) < 4.78 is 10.8. The summed E-state index contributed by atoms with van der Waals surface area (Å²) in [7, 11) is 1.55. The molecule has 5 nitrogen and oxygen atoms in total. The molecule has 142 valence electrons. The number of methoxy groups -OCH3 is 1. The number of benzene rings is 2. The van der Waals surface area contributed by atoms with Crippen LogP contribution >= 0.6 is 24.0 Å². The van der Waals surface area contributed by atoms with Gasteiger partial charge in [-0.15, -0.1) is 12.4 Å². The molecule has 3 N–H and O–H groups in total. The Kier molecular flexibility index (Phi) is 9.27. The summed E-state index contributed by atoms with van der Waals surface area (Å²) in [5.74, 6) is 0.822. The van der Waals surface area contributed by atoms with E-state index in [0.717, 1.165) is 11.1 Å². The number of carbonyl (C=O) groups excluding carboxylic acids is 1. The van der Waals surface area contributed by atoms with E-state index in [9.17, 15) is 4.79 Å². The summed E-state index contributed by atoms with van der Waals surface area (Å²) in [4.78, 5) is 12.2. The number of ether oxygens (including phenoxy) is 2. The van der Waals surface area contributed by atoms with Crippen LogP contribution in [-0.4, -0.2) is 25.7 Å². The van der Waals surface area contributed by atoms with Gasteiger partial charge in [-0.25, -0.2) is 0 Å². The van der Waals surface area contributed by atoms with E-state index in [1.54, 1.807) is 19.2 Å². The fourth-order valence-corrected chi connectivity index (χ4v) is 2.73. The topological polar surface area (TPSA) is 73.6 Å². The van der Waals surface area contributed by atoms with Gasteiger partial charge in [-0.3, -0.25) is 4.79 Å². The van der Waals surface area contributed by atoms with Crippen molar-refractivity contribution in [3.63, 3.8) is 0 Å². The summed E-state index contributed by atoms with van der Waals surface area (Å²) in [6.45, 7) is 2.67. The first-order chi connectivity index (χ1) is 12.0. The van der Waals surface area contributed by atoms with Crippen LogP contribution < -0.4 is 20.5 Å². The maximum absolute atomic E-state index is 12.2. The molecule has 2 rings (SSSR count). The predicted molar refractivity (Wildman–Crippen MR) is 106 cm³/mol. The number of hydrogen-bond acceptors (Lipinski definition) is 4. The van der Waals surface area contributed by atoms with Crippen molar-refractivity contribution in [2.75, 3.05) is 13.7 Å². The number of halogens is 2. The van der Waals surface area contributed by atoms with Gasteiger partial charge < -0.3 is 20.5 Å². The molecule has 7 heteroatoms. The van der Waals surface area contributed by atoms with Crippen LogP contribution in [0.1, 0.15) is 18.1 Å². The van der Waals surface area contributed by atoms with E-state index in [-0.39, 0.29) is 18.3 Å². The van der Waals surface area contributed by atoms with Crippen LogP contribution in [0.2, 0.25) is 5.02 Å². The highest BCUT2D eigenvalue weighted by Gasteiger charge is 2.15. The minimum absolute atomic E-state index is 0. The molecule has 0 spiro atoms. The lowest BCUT2D eigenvalue weighted by Gasteiger charge is -2.15. The van der Waals surface area contributed by atoms with E-state index in [0.29, 0.717) is 36.1 Å². The van der Waals surface area contributed by atoms with Crippen LogP contribution in [0.15, 0.2) is 42.5 Å². The molecule has 0 radical (unpaired) electrons. The number of rotatable bonds is 8. The first-order valence-electron chi connectivity index (χ1n) is 8.11. The van der Waals surface area contributed by atoms with Gasteiger partial charge in [-0.2, -0.15) is 0 Å². The Balaban J connectivity index is 0.00000338. The van der Waals surface area contributed by atoms with Crippen LogP contribution in [0.3, 0.4) is 0 Å². The second kappa shape index (κ2) is 10.9. The van der Waals surface area contributed by atoms with Crippen molar-refractivity contribution < 1.29 is 14.3 Å². The highest BCUT2D eigenvalue weighted by atomic mass is 35.5. The lowest BCUT2D eigenvalue weighted by molar-refractivity contribution is -0.122. The van der Waals surface area contributed by atoms with Gasteiger partial charge in [0.1, 0.15) is 0 Å². The number of hydrogen-bond donors (Lipinski definition) is 2. The van der Waals surface area contributed by atoms with Crippen molar-refractivity contribution >= 4 is 29.9 Å². The second-order valence-corrected chi connectivity index (χ2v) is 5.96. The number of nitrogens with two attached hydrogens (primary N) is 1.